The molecule has 0 bridgehead atoms. The van der Waals surface area contributed by atoms with Crippen LogP contribution in [0, 0.1) is 0 Å². The SMILES string of the molecule is CCCn1cncc1Cn1c(CC)nc(Cl)cc1=O. The van der Waals surface area contributed by atoms with Crippen molar-refractivity contribution in [2.24, 2.45) is 0 Å². The summed E-state index contributed by atoms with van der Waals surface area (Å²) in [4.78, 5) is 20.4. The van der Waals surface area contributed by atoms with Crippen LogP contribution in [0.5, 0.6) is 0 Å². The number of imidazole rings is 1. The van der Waals surface area contributed by atoms with E-state index < -0.39 is 0 Å². The van der Waals surface area contributed by atoms with Gasteiger partial charge in [-0.1, -0.05) is 25.4 Å². The Balaban J connectivity index is 2.38. The number of aromatic nitrogens is 4. The molecule has 102 valence electrons. The number of nitrogens with zero attached hydrogens (tertiary/aromatic N) is 4. The number of hydrogen-bond donors (Lipinski definition) is 0. The summed E-state index contributed by atoms with van der Waals surface area (Å²) in [5.41, 5.74) is 0.879. The first-order chi connectivity index (χ1) is 9.15. The molecular weight excluding hydrogens is 264 g/mol. The molecule has 0 aliphatic heterocycles. The Hall–Kier alpha value is -1.62. The van der Waals surface area contributed by atoms with E-state index in [1.54, 1.807) is 17.1 Å². The van der Waals surface area contributed by atoms with E-state index in [2.05, 4.69) is 21.5 Å². The minimum absolute atomic E-state index is 0.124. The number of halogens is 1. The zero-order valence-corrected chi connectivity index (χ0v) is 11.9. The molecule has 2 aromatic rings. The van der Waals surface area contributed by atoms with E-state index in [0.717, 1.165) is 18.7 Å². The van der Waals surface area contributed by atoms with Crippen molar-refractivity contribution >= 4 is 11.6 Å². The Kier molecular flexibility index (Phi) is 4.37. The number of rotatable bonds is 5. The van der Waals surface area contributed by atoms with Crippen molar-refractivity contribution in [2.45, 2.75) is 39.8 Å². The van der Waals surface area contributed by atoms with E-state index >= 15 is 0 Å². The van der Waals surface area contributed by atoms with Crippen molar-refractivity contribution in [3.63, 3.8) is 0 Å². The molecule has 5 nitrogen and oxygen atoms in total. The zero-order chi connectivity index (χ0) is 13.8. The summed E-state index contributed by atoms with van der Waals surface area (Å²) in [5.74, 6) is 0.696. The summed E-state index contributed by atoms with van der Waals surface area (Å²) in [5, 5.41) is 0.250. The third kappa shape index (κ3) is 3.04. The lowest BCUT2D eigenvalue weighted by molar-refractivity contribution is 0.597. The molecule has 2 heterocycles. The molecule has 0 spiro atoms. The van der Waals surface area contributed by atoms with Crippen LogP contribution in [0.25, 0.3) is 0 Å². The lowest BCUT2D eigenvalue weighted by Gasteiger charge is -2.12. The molecular formula is C13H17ClN4O. The lowest BCUT2D eigenvalue weighted by Crippen LogP contribution is -2.25. The van der Waals surface area contributed by atoms with Crippen molar-refractivity contribution in [3.8, 4) is 0 Å². The first-order valence-electron chi connectivity index (χ1n) is 6.41. The fourth-order valence-corrected chi connectivity index (χ4v) is 2.24. The largest absolute Gasteiger partial charge is 0.333 e. The van der Waals surface area contributed by atoms with E-state index in [9.17, 15) is 4.79 Å². The monoisotopic (exact) mass is 280 g/mol. The summed E-state index contributed by atoms with van der Waals surface area (Å²) in [7, 11) is 0. The zero-order valence-electron chi connectivity index (χ0n) is 11.1. The molecule has 0 fully saturated rings. The van der Waals surface area contributed by atoms with Gasteiger partial charge in [0.2, 0.25) is 0 Å². The number of hydrogen-bond acceptors (Lipinski definition) is 3. The molecule has 6 heteroatoms. The lowest BCUT2D eigenvalue weighted by atomic mass is 10.3. The topological polar surface area (TPSA) is 52.7 Å². The molecule has 0 aromatic carbocycles. The average molecular weight is 281 g/mol. The molecule has 0 saturated carbocycles. The highest BCUT2D eigenvalue weighted by atomic mass is 35.5. The highest BCUT2D eigenvalue weighted by molar-refractivity contribution is 6.29. The first kappa shape index (κ1) is 13.8. The van der Waals surface area contributed by atoms with Gasteiger partial charge in [-0.25, -0.2) is 9.97 Å². The predicted octanol–water partition coefficient (Wildman–Crippen LogP) is 2.11. The molecule has 2 aromatic heterocycles. The summed E-state index contributed by atoms with van der Waals surface area (Å²) >= 11 is 5.82. The highest BCUT2D eigenvalue weighted by Crippen LogP contribution is 2.07. The van der Waals surface area contributed by atoms with Gasteiger partial charge in [-0.3, -0.25) is 9.36 Å². The maximum atomic E-state index is 12.0. The molecule has 0 aliphatic carbocycles. The Labute approximate surface area is 116 Å². The molecule has 0 radical (unpaired) electrons. The molecule has 0 atom stereocenters. The van der Waals surface area contributed by atoms with Gasteiger partial charge in [-0.15, -0.1) is 0 Å². The molecule has 0 aliphatic rings. The molecule has 19 heavy (non-hydrogen) atoms. The van der Waals surface area contributed by atoms with Crippen LogP contribution in [-0.2, 0) is 19.5 Å². The van der Waals surface area contributed by atoms with E-state index in [4.69, 9.17) is 11.6 Å². The fourth-order valence-electron chi connectivity index (χ4n) is 2.05. The van der Waals surface area contributed by atoms with Crippen LogP contribution in [0.1, 0.15) is 31.8 Å². The Morgan fingerprint density at radius 3 is 2.84 bits per heavy atom. The normalized spacial score (nSPS) is 10.9. The molecule has 0 unspecified atom stereocenters. The van der Waals surface area contributed by atoms with E-state index in [1.807, 2.05) is 6.92 Å². The van der Waals surface area contributed by atoms with Crippen LogP contribution in [0.4, 0.5) is 0 Å². The minimum atomic E-state index is -0.124. The average Bonchev–Trinajstić information content (AvgIpc) is 2.80. The Bertz CT molecular complexity index is 617. The predicted molar refractivity (Wildman–Crippen MR) is 74.5 cm³/mol. The summed E-state index contributed by atoms with van der Waals surface area (Å²) in [6.45, 7) is 5.44. The van der Waals surface area contributed by atoms with Crippen molar-refractivity contribution in [1.29, 1.82) is 0 Å². The van der Waals surface area contributed by atoms with Crippen LogP contribution in [0.2, 0.25) is 5.15 Å². The van der Waals surface area contributed by atoms with Crippen molar-refractivity contribution < 1.29 is 0 Å². The quantitative estimate of drug-likeness (QED) is 0.788. The third-order valence-electron chi connectivity index (χ3n) is 2.96. The molecule has 0 saturated heterocycles. The number of aryl methyl sites for hydroxylation is 2. The second-order valence-corrected chi connectivity index (χ2v) is 4.74. The maximum Gasteiger partial charge on any atom is 0.255 e. The van der Waals surface area contributed by atoms with E-state index in [1.165, 1.54) is 6.07 Å². The summed E-state index contributed by atoms with van der Waals surface area (Å²) in [6.07, 6.45) is 5.27. The molecule has 2 rings (SSSR count). The van der Waals surface area contributed by atoms with Crippen LogP contribution in [-0.4, -0.2) is 19.1 Å². The van der Waals surface area contributed by atoms with Crippen LogP contribution >= 0.6 is 11.6 Å². The maximum absolute atomic E-state index is 12.0. The van der Waals surface area contributed by atoms with Gasteiger partial charge in [0.25, 0.3) is 5.56 Å². The second-order valence-electron chi connectivity index (χ2n) is 4.35. The van der Waals surface area contributed by atoms with Gasteiger partial charge in [0, 0.05) is 25.2 Å². The van der Waals surface area contributed by atoms with E-state index in [0.29, 0.717) is 18.8 Å². The third-order valence-corrected chi connectivity index (χ3v) is 3.15. The standard InChI is InChI=1S/C13H17ClN4O/c1-3-5-17-9-15-7-10(17)8-18-12(4-2)16-11(14)6-13(18)19/h6-7,9H,3-5,8H2,1-2H3. The molecule has 0 N–H and O–H groups in total. The van der Waals surface area contributed by atoms with E-state index in [-0.39, 0.29) is 10.7 Å². The van der Waals surface area contributed by atoms with Crippen molar-refractivity contribution in [1.82, 2.24) is 19.1 Å². The van der Waals surface area contributed by atoms with Crippen molar-refractivity contribution in [3.05, 3.63) is 45.6 Å². The van der Waals surface area contributed by atoms with Crippen LogP contribution in [0.3, 0.4) is 0 Å². The minimum Gasteiger partial charge on any atom is -0.333 e. The Morgan fingerprint density at radius 1 is 1.37 bits per heavy atom. The smallest absolute Gasteiger partial charge is 0.255 e. The Morgan fingerprint density at radius 2 is 2.16 bits per heavy atom. The van der Waals surface area contributed by atoms with Crippen molar-refractivity contribution in [2.75, 3.05) is 0 Å². The summed E-state index contributed by atoms with van der Waals surface area (Å²) in [6, 6.07) is 1.35. The van der Waals surface area contributed by atoms with Crippen LogP contribution in [0.15, 0.2) is 23.4 Å². The summed E-state index contributed by atoms with van der Waals surface area (Å²) < 4.78 is 3.70. The first-order valence-corrected chi connectivity index (χ1v) is 6.78. The van der Waals surface area contributed by atoms with Gasteiger partial charge in [0.05, 0.1) is 18.6 Å². The van der Waals surface area contributed by atoms with Gasteiger partial charge < -0.3 is 4.57 Å². The molecule has 0 amide bonds. The van der Waals surface area contributed by atoms with Gasteiger partial charge >= 0.3 is 0 Å². The van der Waals surface area contributed by atoms with Gasteiger partial charge in [-0.2, -0.15) is 0 Å². The fraction of sp³-hybridized carbons (Fsp3) is 0.462. The van der Waals surface area contributed by atoms with Gasteiger partial charge in [0.15, 0.2) is 0 Å². The van der Waals surface area contributed by atoms with Crippen LogP contribution < -0.4 is 5.56 Å². The second kappa shape index (κ2) is 6.02. The van der Waals surface area contributed by atoms with Gasteiger partial charge in [0.1, 0.15) is 11.0 Å². The van der Waals surface area contributed by atoms with Gasteiger partial charge in [-0.05, 0) is 6.42 Å². The highest BCUT2D eigenvalue weighted by Gasteiger charge is 2.09.